The zero-order valence-corrected chi connectivity index (χ0v) is 12.9. The van der Waals surface area contributed by atoms with Crippen LogP contribution >= 0.6 is 0 Å². The van der Waals surface area contributed by atoms with Crippen LogP contribution in [0.1, 0.15) is 12.5 Å². The number of nitrogens with one attached hydrogen (secondary N) is 1. The van der Waals surface area contributed by atoms with Gasteiger partial charge in [-0.25, -0.2) is 4.98 Å². The molecule has 1 heterocycles. The van der Waals surface area contributed by atoms with E-state index in [1.807, 2.05) is 43.3 Å². The molecule has 0 unspecified atom stereocenters. The van der Waals surface area contributed by atoms with Crippen molar-refractivity contribution in [1.29, 1.82) is 0 Å². The van der Waals surface area contributed by atoms with Crippen molar-refractivity contribution in [2.45, 2.75) is 13.8 Å². The van der Waals surface area contributed by atoms with Gasteiger partial charge in [0.15, 0.2) is 0 Å². The molecule has 3 heteroatoms. The Morgan fingerprint density at radius 3 is 2.68 bits per heavy atom. The molecule has 1 N–H and O–H groups in total. The molecule has 2 aromatic carbocycles. The van der Waals surface area contributed by atoms with Crippen LogP contribution in [-0.2, 0) is 0 Å². The molecule has 1 aromatic heterocycles. The fraction of sp³-hybridized carbons (Fsp3) is 0.105. The molecular formula is C19H19N3. The van der Waals surface area contributed by atoms with Gasteiger partial charge in [-0.15, -0.1) is 0 Å². The standard InChI is InChI=1S/C19H19N3/c1-4-15(5-2)22(16-10-8-9-14(3)13-16)19-20-17-11-6-7-12-18(17)21-19/h4-13H,1H2,2-3H3,(H,20,21)/b15-5+. The number of allylic oxidation sites excluding steroid dienone is 2. The highest BCUT2D eigenvalue weighted by Crippen LogP contribution is 2.30. The molecule has 3 nitrogen and oxygen atoms in total. The number of aromatic nitrogens is 2. The van der Waals surface area contributed by atoms with Gasteiger partial charge in [-0.1, -0.05) is 36.9 Å². The zero-order valence-electron chi connectivity index (χ0n) is 12.9. The van der Waals surface area contributed by atoms with Crippen LogP contribution < -0.4 is 4.90 Å². The van der Waals surface area contributed by atoms with Crippen molar-refractivity contribution in [1.82, 2.24) is 9.97 Å². The van der Waals surface area contributed by atoms with Crippen LogP contribution in [-0.4, -0.2) is 9.97 Å². The Bertz CT molecular complexity index is 810. The largest absolute Gasteiger partial charge is 0.323 e. The average Bonchev–Trinajstić information content (AvgIpc) is 2.95. The van der Waals surface area contributed by atoms with Crippen LogP contribution in [0.15, 0.2) is 73.0 Å². The lowest BCUT2D eigenvalue weighted by molar-refractivity contribution is 1.10. The Morgan fingerprint density at radius 1 is 1.18 bits per heavy atom. The molecule has 3 aromatic rings. The average molecular weight is 289 g/mol. The van der Waals surface area contributed by atoms with Crippen molar-refractivity contribution in [2.75, 3.05) is 4.90 Å². The summed E-state index contributed by atoms with van der Waals surface area (Å²) in [5.74, 6) is 0.791. The quantitative estimate of drug-likeness (QED) is 0.678. The van der Waals surface area contributed by atoms with E-state index in [-0.39, 0.29) is 0 Å². The molecule has 0 saturated carbocycles. The SMILES string of the molecule is C=C/C(=C\C)N(c1cccc(C)c1)c1nc2ccccc2[nH]1. The summed E-state index contributed by atoms with van der Waals surface area (Å²) in [7, 11) is 0. The molecule has 0 radical (unpaired) electrons. The summed E-state index contributed by atoms with van der Waals surface area (Å²) < 4.78 is 0. The maximum absolute atomic E-state index is 4.72. The molecule has 0 aliphatic carbocycles. The Morgan fingerprint density at radius 2 is 2.00 bits per heavy atom. The first kappa shape index (κ1) is 14.1. The molecule has 110 valence electrons. The van der Waals surface area contributed by atoms with Crippen LogP contribution in [0.2, 0.25) is 0 Å². The predicted molar refractivity (Wildman–Crippen MR) is 93.4 cm³/mol. The highest BCUT2D eigenvalue weighted by molar-refractivity contribution is 5.80. The van der Waals surface area contributed by atoms with E-state index >= 15 is 0 Å². The second kappa shape index (κ2) is 5.90. The maximum Gasteiger partial charge on any atom is 0.213 e. The fourth-order valence-corrected chi connectivity index (χ4v) is 2.54. The summed E-state index contributed by atoms with van der Waals surface area (Å²) in [6.45, 7) is 8.02. The van der Waals surface area contributed by atoms with Crippen LogP contribution in [0.3, 0.4) is 0 Å². The van der Waals surface area contributed by atoms with Gasteiger partial charge in [0.25, 0.3) is 0 Å². The molecule has 0 spiro atoms. The van der Waals surface area contributed by atoms with Gasteiger partial charge in [-0.05, 0) is 49.8 Å². The van der Waals surface area contributed by atoms with Gasteiger partial charge in [-0.3, -0.25) is 4.90 Å². The maximum atomic E-state index is 4.72. The summed E-state index contributed by atoms with van der Waals surface area (Å²) >= 11 is 0. The van der Waals surface area contributed by atoms with E-state index in [1.54, 1.807) is 0 Å². The Labute approximate surface area is 130 Å². The molecule has 0 bridgehead atoms. The fourth-order valence-electron chi connectivity index (χ4n) is 2.54. The predicted octanol–water partition coefficient (Wildman–Crippen LogP) is 5.10. The van der Waals surface area contributed by atoms with E-state index in [0.717, 1.165) is 28.4 Å². The van der Waals surface area contributed by atoms with Crippen molar-refractivity contribution in [3.05, 3.63) is 78.5 Å². The van der Waals surface area contributed by atoms with Gasteiger partial charge >= 0.3 is 0 Å². The van der Waals surface area contributed by atoms with E-state index in [9.17, 15) is 0 Å². The molecule has 0 aliphatic rings. The highest BCUT2D eigenvalue weighted by Gasteiger charge is 2.16. The number of hydrogen-bond acceptors (Lipinski definition) is 2. The Hall–Kier alpha value is -2.81. The molecule has 0 fully saturated rings. The molecule has 0 saturated heterocycles. The summed E-state index contributed by atoms with van der Waals surface area (Å²) in [4.78, 5) is 10.2. The minimum atomic E-state index is 0.791. The molecule has 22 heavy (non-hydrogen) atoms. The third-order valence-corrected chi connectivity index (χ3v) is 3.61. The number of H-pyrrole nitrogens is 1. The van der Waals surface area contributed by atoms with Gasteiger partial charge < -0.3 is 4.98 Å². The number of benzene rings is 2. The number of hydrogen-bond donors (Lipinski definition) is 1. The van der Waals surface area contributed by atoms with E-state index in [0.29, 0.717) is 0 Å². The van der Waals surface area contributed by atoms with Crippen LogP contribution in [0.4, 0.5) is 11.6 Å². The summed E-state index contributed by atoms with van der Waals surface area (Å²) in [6, 6.07) is 16.4. The molecule has 3 rings (SSSR count). The minimum absolute atomic E-state index is 0.791. The summed E-state index contributed by atoms with van der Waals surface area (Å²) in [6.07, 6.45) is 3.87. The van der Waals surface area contributed by atoms with Gasteiger partial charge in [-0.2, -0.15) is 0 Å². The lowest BCUT2D eigenvalue weighted by Crippen LogP contribution is -2.16. The van der Waals surface area contributed by atoms with Crippen molar-refractivity contribution in [3.8, 4) is 0 Å². The Balaban J connectivity index is 2.18. The molecule has 0 atom stereocenters. The molecule has 0 amide bonds. The Kier molecular flexibility index (Phi) is 3.79. The number of aryl methyl sites for hydroxylation is 1. The van der Waals surface area contributed by atoms with Crippen molar-refractivity contribution >= 4 is 22.7 Å². The van der Waals surface area contributed by atoms with E-state index in [4.69, 9.17) is 4.98 Å². The minimum Gasteiger partial charge on any atom is -0.323 e. The summed E-state index contributed by atoms with van der Waals surface area (Å²) in [5, 5.41) is 0. The molecule has 0 aliphatic heterocycles. The van der Waals surface area contributed by atoms with Gasteiger partial charge in [0, 0.05) is 11.4 Å². The van der Waals surface area contributed by atoms with Gasteiger partial charge in [0.1, 0.15) is 0 Å². The van der Waals surface area contributed by atoms with E-state index in [2.05, 4.69) is 47.7 Å². The second-order valence-electron chi connectivity index (χ2n) is 5.17. The third-order valence-electron chi connectivity index (χ3n) is 3.61. The van der Waals surface area contributed by atoms with Gasteiger partial charge in [0.2, 0.25) is 5.95 Å². The van der Waals surface area contributed by atoms with Crippen LogP contribution in [0.5, 0.6) is 0 Å². The third kappa shape index (κ3) is 2.53. The van der Waals surface area contributed by atoms with Crippen LogP contribution in [0.25, 0.3) is 11.0 Å². The number of nitrogens with zero attached hydrogens (tertiary/aromatic N) is 2. The number of aromatic amines is 1. The first-order valence-electron chi connectivity index (χ1n) is 7.33. The highest BCUT2D eigenvalue weighted by atomic mass is 15.3. The smallest absolute Gasteiger partial charge is 0.213 e. The molecular weight excluding hydrogens is 270 g/mol. The van der Waals surface area contributed by atoms with E-state index in [1.165, 1.54) is 5.56 Å². The summed E-state index contributed by atoms with van der Waals surface area (Å²) in [5.41, 5.74) is 5.24. The van der Waals surface area contributed by atoms with Gasteiger partial charge in [0.05, 0.1) is 11.0 Å². The van der Waals surface area contributed by atoms with Crippen molar-refractivity contribution in [3.63, 3.8) is 0 Å². The number of rotatable bonds is 4. The van der Waals surface area contributed by atoms with E-state index < -0.39 is 0 Å². The number of imidazole rings is 1. The number of anilines is 2. The number of para-hydroxylation sites is 2. The monoisotopic (exact) mass is 289 g/mol. The zero-order chi connectivity index (χ0) is 15.5. The van der Waals surface area contributed by atoms with Crippen molar-refractivity contribution < 1.29 is 0 Å². The van der Waals surface area contributed by atoms with Crippen LogP contribution in [0, 0.1) is 6.92 Å². The lowest BCUT2D eigenvalue weighted by Gasteiger charge is -2.23. The lowest BCUT2D eigenvalue weighted by atomic mass is 10.2. The second-order valence-corrected chi connectivity index (χ2v) is 5.17. The number of fused-ring (bicyclic) bond motifs is 1. The topological polar surface area (TPSA) is 31.9 Å². The first-order chi connectivity index (χ1) is 10.7. The normalized spacial score (nSPS) is 11.6. The first-order valence-corrected chi connectivity index (χ1v) is 7.33. The van der Waals surface area contributed by atoms with Crippen molar-refractivity contribution in [2.24, 2.45) is 0 Å².